The van der Waals surface area contributed by atoms with Gasteiger partial charge in [-0.3, -0.25) is 0 Å². The van der Waals surface area contributed by atoms with Crippen LogP contribution in [0.3, 0.4) is 0 Å². The van der Waals surface area contributed by atoms with Gasteiger partial charge in [-0.05, 0) is 61.0 Å². The molecule has 1 aromatic carbocycles. The Labute approximate surface area is 165 Å². The van der Waals surface area contributed by atoms with Gasteiger partial charge >= 0.3 is 0 Å². The largest absolute Gasteiger partial charge is 0.497 e. The lowest BCUT2D eigenvalue weighted by atomic mass is 10.0. The van der Waals surface area contributed by atoms with Crippen LogP contribution in [0, 0.1) is 0 Å². The summed E-state index contributed by atoms with van der Waals surface area (Å²) >= 11 is 0. The minimum atomic E-state index is -1.91. The van der Waals surface area contributed by atoms with Gasteiger partial charge in [-0.25, -0.2) is 0 Å². The van der Waals surface area contributed by atoms with Crippen molar-refractivity contribution in [3.05, 3.63) is 48.4 Å². The molecule has 2 unspecified atom stereocenters. The van der Waals surface area contributed by atoms with Gasteiger partial charge in [0.2, 0.25) is 0 Å². The molecule has 0 bridgehead atoms. The fraction of sp³-hybridized carbons (Fsp3) is 0.545. The molecule has 4 nitrogen and oxygen atoms in total. The Kier molecular flexibility index (Phi) is 7.17. The summed E-state index contributed by atoms with van der Waals surface area (Å²) in [4.78, 5) is 0. The molecule has 0 fully saturated rings. The molecule has 2 rings (SSSR count). The van der Waals surface area contributed by atoms with Gasteiger partial charge in [-0.2, -0.15) is 0 Å². The van der Waals surface area contributed by atoms with Crippen LogP contribution < -0.4 is 10.1 Å². The van der Waals surface area contributed by atoms with Crippen LogP contribution in [-0.2, 0) is 4.43 Å². The van der Waals surface area contributed by atoms with Crippen molar-refractivity contribution in [3.8, 4) is 5.75 Å². The normalized spacial score (nSPS) is 14.6. The topological polar surface area (TPSA) is 43.6 Å². The summed E-state index contributed by atoms with van der Waals surface area (Å²) in [5.74, 6) is 1.75. The van der Waals surface area contributed by atoms with Gasteiger partial charge in [0.1, 0.15) is 17.6 Å². The zero-order valence-electron chi connectivity index (χ0n) is 17.8. The highest BCUT2D eigenvalue weighted by Crippen LogP contribution is 2.40. The molecule has 0 aliphatic rings. The maximum absolute atomic E-state index is 6.84. The van der Waals surface area contributed by atoms with E-state index in [-0.39, 0.29) is 17.2 Å². The summed E-state index contributed by atoms with van der Waals surface area (Å²) < 4.78 is 17.9. The van der Waals surface area contributed by atoms with Gasteiger partial charge in [-0.1, -0.05) is 34.1 Å². The Morgan fingerprint density at radius 3 is 2.26 bits per heavy atom. The van der Waals surface area contributed by atoms with E-state index in [4.69, 9.17) is 13.6 Å². The summed E-state index contributed by atoms with van der Waals surface area (Å²) in [7, 11) is -0.235. The number of rotatable bonds is 9. The predicted octanol–water partition coefficient (Wildman–Crippen LogP) is 6.63. The second-order valence-corrected chi connectivity index (χ2v) is 13.3. The number of nitrogens with one attached hydrogen (secondary N) is 1. The van der Waals surface area contributed by atoms with Gasteiger partial charge in [-0.15, -0.1) is 0 Å². The quantitative estimate of drug-likeness (QED) is 0.489. The first-order valence-corrected chi connectivity index (χ1v) is 12.7. The van der Waals surface area contributed by atoms with Crippen molar-refractivity contribution in [1.29, 1.82) is 0 Å². The van der Waals surface area contributed by atoms with Gasteiger partial charge in [0, 0.05) is 5.69 Å². The number of ether oxygens (including phenoxy) is 1. The Morgan fingerprint density at radius 2 is 1.78 bits per heavy atom. The van der Waals surface area contributed by atoms with Gasteiger partial charge in [0.05, 0.1) is 19.5 Å². The highest BCUT2D eigenvalue weighted by atomic mass is 28.4. The van der Waals surface area contributed by atoms with E-state index < -0.39 is 8.32 Å². The zero-order valence-corrected chi connectivity index (χ0v) is 18.8. The number of hydrogen-bond acceptors (Lipinski definition) is 4. The maximum atomic E-state index is 6.84. The van der Waals surface area contributed by atoms with Crippen molar-refractivity contribution in [2.75, 3.05) is 12.4 Å². The Morgan fingerprint density at radius 1 is 1.11 bits per heavy atom. The number of hydrogen-bond donors (Lipinski definition) is 1. The average Bonchev–Trinajstić information content (AvgIpc) is 3.13. The zero-order chi connectivity index (χ0) is 20.1. The molecule has 0 saturated carbocycles. The second-order valence-electron chi connectivity index (χ2n) is 8.57. The minimum Gasteiger partial charge on any atom is -0.497 e. The minimum absolute atomic E-state index is 0.0394. The molecule has 0 spiro atoms. The van der Waals surface area contributed by atoms with Crippen LogP contribution in [0.2, 0.25) is 18.1 Å². The molecule has 5 heteroatoms. The third kappa shape index (κ3) is 5.63. The molecule has 2 atom stereocenters. The summed E-state index contributed by atoms with van der Waals surface area (Å²) in [6, 6.07) is 11.9. The Balaban J connectivity index is 2.31. The van der Waals surface area contributed by atoms with E-state index in [2.05, 4.69) is 46.1 Å². The molecule has 0 aliphatic carbocycles. The molecule has 0 saturated heterocycles. The Bertz CT molecular complexity index is 675. The van der Waals surface area contributed by atoms with Crippen LogP contribution in [0.4, 0.5) is 5.69 Å². The highest BCUT2D eigenvalue weighted by molar-refractivity contribution is 6.74. The lowest BCUT2D eigenvalue weighted by molar-refractivity contribution is 0.140. The molecular weight excluding hydrogens is 354 g/mol. The molecule has 1 heterocycles. The van der Waals surface area contributed by atoms with E-state index in [1.807, 2.05) is 36.4 Å². The van der Waals surface area contributed by atoms with Crippen LogP contribution in [0.5, 0.6) is 5.75 Å². The number of furan rings is 1. The van der Waals surface area contributed by atoms with Crippen molar-refractivity contribution in [1.82, 2.24) is 0 Å². The molecule has 27 heavy (non-hydrogen) atoms. The monoisotopic (exact) mass is 389 g/mol. The van der Waals surface area contributed by atoms with E-state index in [9.17, 15) is 0 Å². The standard InChI is InChI=1S/C22H35NO3Si/c1-8-10-20(26-27(6,7)22(2,3)4)21(19-11-9-16-25-19)23-17-12-14-18(24-5)15-13-17/h9,11-16,20-21,23H,8,10H2,1-7H3. The lowest BCUT2D eigenvalue weighted by Crippen LogP contribution is -2.46. The average molecular weight is 390 g/mol. The van der Waals surface area contributed by atoms with Crippen molar-refractivity contribution >= 4 is 14.0 Å². The van der Waals surface area contributed by atoms with Crippen molar-refractivity contribution in [3.63, 3.8) is 0 Å². The molecule has 1 aromatic heterocycles. The van der Waals surface area contributed by atoms with E-state index in [0.29, 0.717) is 0 Å². The summed E-state index contributed by atoms with van der Waals surface area (Å²) in [6.07, 6.45) is 3.80. The molecule has 2 aromatic rings. The summed E-state index contributed by atoms with van der Waals surface area (Å²) in [5.41, 5.74) is 1.03. The van der Waals surface area contributed by atoms with E-state index >= 15 is 0 Å². The Hall–Kier alpha value is -1.72. The second kappa shape index (κ2) is 8.98. The van der Waals surface area contributed by atoms with Crippen LogP contribution >= 0.6 is 0 Å². The van der Waals surface area contributed by atoms with E-state index in [0.717, 1.165) is 30.0 Å². The first-order valence-electron chi connectivity index (χ1n) is 9.79. The first-order chi connectivity index (χ1) is 12.7. The van der Waals surface area contributed by atoms with E-state index in [1.54, 1.807) is 13.4 Å². The first kappa shape index (κ1) is 21.6. The fourth-order valence-electron chi connectivity index (χ4n) is 2.82. The van der Waals surface area contributed by atoms with Crippen LogP contribution in [0.15, 0.2) is 47.1 Å². The third-order valence-electron chi connectivity index (χ3n) is 5.46. The van der Waals surface area contributed by atoms with Gasteiger partial charge in [0.25, 0.3) is 0 Å². The van der Waals surface area contributed by atoms with Crippen LogP contribution in [0.25, 0.3) is 0 Å². The fourth-order valence-corrected chi connectivity index (χ4v) is 4.18. The van der Waals surface area contributed by atoms with Crippen LogP contribution in [0.1, 0.15) is 52.3 Å². The van der Waals surface area contributed by atoms with Crippen molar-refractivity contribution in [2.45, 2.75) is 70.8 Å². The molecule has 0 aliphatic heterocycles. The molecule has 0 radical (unpaired) electrons. The van der Waals surface area contributed by atoms with Crippen molar-refractivity contribution < 1.29 is 13.6 Å². The lowest BCUT2D eigenvalue weighted by Gasteiger charge is -2.41. The van der Waals surface area contributed by atoms with E-state index in [1.165, 1.54) is 0 Å². The smallest absolute Gasteiger partial charge is 0.192 e. The molecular formula is C22H35NO3Si. The SMILES string of the molecule is CCCC(O[Si](C)(C)C(C)(C)C)C(Nc1ccc(OC)cc1)c1ccco1. The molecule has 0 amide bonds. The van der Waals surface area contributed by atoms with Gasteiger partial charge in [0.15, 0.2) is 8.32 Å². The van der Waals surface area contributed by atoms with Gasteiger partial charge < -0.3 is 18.9 Å². The third-order valence-corrected chi connectivity index (χ3v) is 9.96. The number of benzene rings is 1. The molecule has 1 N–H and O–H groups in total. The van der Waals surface area contributed by atoms with Crippen LogP contribution in [-0.4, -0.2) is 21.5 Å². The maximum Gasteiger partial charge on any atom is 0.192 e. The summed E-state index contributed by atoms with van der Waals surface area (Å²) in [5, 5.41) is 3.80. The van der Waals surface area contributed by atoms with Crippen molar-refractivity contribution in [2.24, 2.45) is 0 Å². The summed E-state index contributed by atoms with van der Waals surface area (Å²) in [6.45, 7) is 13.7. The number of anilines is 1. The predicted molar refractivity (Wildman–Crippen MR) is 115 cm³/mol. The highest BCUT2D eigenvalue weighted by Gasteiger charge is 2.41. The molecule has 150 valence electrons. The number of methoxy groups -OCH3 is 1.